The Morgan fingerprint density at radius 1 is 1.18 bits per heavy atom. The number of hydrogen-bond donors (Lipinski definition) is 0. The van der Waals surface area contributed by atoms with Gasteiger partial charge in [-0.1, -0.05) is 0 Å². The summed E-state index contributed by atoms with van der Waals surface area (Å²) < 4.78 is 40.3. The lowest BCUT2D eigenvalue weighted by atomic mass is 10.00. The van der Waals surface area contributed by atoms with Gasteiger partial charge in [0.05, 0.1) is 11.7 Å². The fraction of sp³-hybridized carbons (Fsp3) is 0.500. The Morgan fingerprint density at radius 3 is 2.68 bits per heavy atom. The zero-order valence-electron chi connectivity index (χ0n) is 12.1. The van der Waals surface area contributed by atoms with E-state index < -0.39 is 11.9 Å². The van der Waals surface area contributed by atoms with E-state index in [0.717, 1.165) is 31.0 Å². The third-order valence-electron chi connectivity index (χ3n) is 3.89. The van der Waals surface area contributed by atoms with Crippen LogP contribution in [0.15, 0.2) is 24.5 Å². The van der Waals surface area contributed by atoms with Crippen molar-refractivity contribution < 1.29 is 13.2 Å². The summed E-state index contributed by atoms with van der Waals surface area (Å²) in [6, 6.07) is 2.73. The number of aryl methyl sites for hydroxylation is 1. The third-order valence-corrected chi connectivity index (χ3v) is 3.89. The molecule has 5 nitrogen and oxygen atoms in total. The topological polar surface area (TPSA) is 46.8 Å². The maximum Gasteiger partial charge on any atom is 0.433 e. The molecule has 8 heteroatoms. The number of nitrogens with zero attached hydrogens (tertiary/aromatic N) is 5. The Labute approximate surface area is 125 Å². The quantitative estimate of drug-likeness (QED) is 0.855. The molecule has 0 aromatic carbocycles. The predicted molar refractivity (Wildman–Crippen MR) is 74.2 cm³/mol. The van der Waals surface area contributed by atoms with Gasteiger partial charge in [-0.15, -0.1) is 0 Å². The van der Waals surface area contributed by atoms with Gasteiger partial charge in [0, 0.05) is 26.0 Å². The molecule has 0 radical (unpaired) electrons. The van der Waals surface area contributed by atoms with Crippen molar-refractivity contribution in [1.29, 1.82) is 0 Å². The summed E-state index contributed by atoms with van der Waals surface area (Å²) >= 11 is 0. The Balaban J connectivity index is 1.96. The average Bonchev–Trinajstić information content (AvgIpc) is 2.92. The summed E-state index contributed by atoms with van der Waals surface area (Å²) in [6.45, 7) is 0.636. The van der Waals surface area contributed by atoms with Crippen molar-refractivity contribution in [2.75, 3.05) is 11.4 Å². The first-order valence-corrected chi connectivity index (χ1v) is 7.11. The van der Waals surface area contributed by atoms with E-state index in [2.05, 4.69) is 15.1 Å². The number of rotatable bonds is 2. The first-order chi connectivity index (χ1) is 10.5. The second-order valence-corrected chi connectivity index (χ2v) is 5.32. The summed E-state index contributed by atoms with van der Waals surface area (Å²) in [7, 11) is 1.83. The maximum absolute atomic E-state index is 12.8. The van der Waals surface area contributed by atoms with Gasteiger partial charge in [0.25, 0.3) is 0 Å². The second kappa shape index (κ2) is 5.58. The lowest BCUT2D eigenvalue weighted by Crippen LogP contribution is -2.36. The summed E-state index contributed by atoms with van der Waals surface area (Å²) in [5.74, 6) is 0.126. The standard InChI is InChI=1S/C14H16F3N5/c1-21-10(5-8-19-21)11-4-2-3-9-22(11)13-18-7-6-12(20-13)14(15,16)17/h5-8,11H,2-4,9H2,1H3/t11-/m0/s1. The van der Waals surface area contributed by atoms with E-state index in [1.54, 1.807) is 10.9 Å². The van der Waals surface area contributed by atoms with Gasteiger partial charge in [0.1, 0.15) is 5.69 Å². The number of halogens is 3. The molecule has 0 spiro atoms. The van der Waals surface area contributed by atoms with Crippen LogP contribution in [0.3, 0.4) is 0 Å². The number of anilines is 1. The molecule has 118 valence electrons. The van der Waals surface area contributed by atoms with E-state index in [9.17, 15) is 13.2 Å². The van der Waals surface area contributed by atoms with Gasteiger partial charge in [-0.25, -0.2) is 9.97 Å². The van der Waals surface area contributed by atoms with Crippen LogP contribution in [0.5, 0.6) is 0 Å². The molecule has 0 amide bonds. The van der Waals surface area contributed by atoms with Crippen LogP contribution >= 0.6 is 0 Å². The second-order valence-electron chi connectivity index (χ2n) is 5.32. The van der Waals surface area contributed by atoms with E-state index in [1.165, 1.54) is 6.20 Å². The van der Waals surface area contributed by atoms with Crippen molar-refractivity contribution in [3.8, 4) is 0 Å². The summed E-state index contributed by atoms with van der Waals surface area (Å²) in [4.78, 5) is 9.61. The van der Waals surface area contributed by atoms with Crippen molar-refractivity contribution in [2.24, 2.45) is 7.05 Å². The molecule has 0 N–H and O–H groups in total. The maximum atomic E-state index is 12.8. The van der Waals surface area contributed by atoms with E-state index in [0.29, 0.717) is 6.54 Å². The molecule has 3 rings (SSSR count). The number of aromatic nitrogens is 4. The third kappa shape index (κ3) is 2.77. The minimum Gasteiger partial charge on any atom is -0.332 e. The van der Waals surface area contributed by atoms with Crippen LogP contribution in [0.4, 0.5) is 19.1 Å². The Bertz CT molecular complexity index is 652. The van der Waals surface area contributed by atoms with Crippen LogP contribution in [-0.2, 0) is 13.2 Å². The van der Waals surface area contributed by atoms with Gasteiger partial charge in [-0.2, -0.15) is 18.3 Å². The predicted octanol–water partition coefficient (Wildman–Crippen LogP) is 2.96. The molecule has 0 aliphatic carbocycles. The van der Waals surface area contributed by atoms with Crippen LogP contribution in [0.25, 0.3) is 0 Å². The lowest BCUT2D eigenvalue weighted by Gasteiger charge is -2.35. The zero-order chi connectivity index (χ0) is 15.7. The van der Waals surface area contributed by atoms with Crippen molar-refractivity contribution in [2.45, 2.75) is 31.5 Å². The number of piperidine rings is 1. The average molecular weight is 311 g/mol. The molecule has 2 aromatic rings. The highest BCUT2D eigenvalue weighted by molar-refractivity contribution is 5.36. The molecular formula is C14H16F3N5. The van der Waals surface area contributed by atoms with Crippen molar-refractivity contribution >= 4 is 5.95 Å². The molecule has 1 saturated heterocycles. The van der Waals surface area contributed by atoms with Crippen LogP contribution < -0.4 is 4.90 Å². The molecular weight excluding hydrogens is 295 g/mol. The molecule has 1 aliphatic heterocycles. The summed E-state index contributed by atoms with van der Waals surface area (Å²) in [6.07, 6.45) is 1.17. The molecule has 0 saturated carbocycles. The van der Waals surface area contributed by atoms with Gasteiger partial charge >= 0.3 is 6.18 Å². The molecule has 3 heterocycles. The van der Waals surface area contributed by atoms with Crippen molar-refractivity contribution in [3.63, 3.8) is 0 Å². The molecule has 2 aromatic heterocycles. The van der Waals surface area contributed by atoms with E-state index in [-0.39, 0.29) is 12.0 Å². The Kier molecular flexibility index (Phi) is 3.76. The first-order valence-electron chi connectivity index (χ1n) is 7.11. The van der Waals surface area contributed by atoms with Gasteiger partial charge in [-0.3, -0.25) is 4.68 Å². The van der Waals surface area contributed by atoms with Crippen LogP contribution in [0.2, 0.25) is 0 Å². The minimum absolute atomic E-state index is 0.0512. The minimum atomic E-state index is -4.46. The monoisotopic (exact) mass is 311 g/mol. The first kappa shape index (κ1) is 14.8. The van der Waals surface area contributed by atoms with Gasteiger partial charge in [-0.05, 0) is 31.4 Å². The van der Waals surface area contributed by atoms with Crippen LogP contribution in [0.1, 0.15) is 36.7 Å². The summed E-state index contributed by atoms with van der Waals surface area (Å²) in [5, 5.41) is 4.15. The van der Waals surface area contributed by atoms with E-state index in [4.69, 9.17) is 0 Å². The fourth-order valence-corrected chi connectivity index (χ4v) is 2.83. The van der Waals surface area contributed by atoms with Crippen molar-refractivity contribution in [1.82, 2.24) is 19.7 Å². The largest absolute Gasteiger partial charge is 0.433 e. The SMILES string of the molecule is Cn1nccc1[C@@H]1CCCCN1c1nccc(C(F)(F)F)n1. The van der Waals surface area contributed by atoms with Gasteiger partial charge < -0.3 is 4.90 Å². The Morgan fingerprint density at radius 2 is 2.00 bits per heavy atom. The smallest absolute Gasteiger partial charge is 0.332 e. The van der Waals surface area contributed by atoms with E-state index in [1.807, 2.05) is 18.0 Å². The normalized spacial score (nSPS) is 19.5. The Hall–Kier alpha value is -2.12. The molecule has 1 fully saturated rings. The van der Waals surface area contributed by atoms with Crippen LogP contribution in [0, 0.1) is 0 Å². The van der Waals surface area contributed by atoms with Gasteiger partial charge in [0.2, 0.25) is 5.95 Å². The van der Waals surface area contributed by atoms with Gasteiger partial charge in [0.15, 0.2) is 0 Å². The van der Waals surface area contributed by atoms with Crippen molar-refractivity contribution in [3.05, 3.63) is 35.9 Å². The molecule has 1 aliphatic rings. The zero-order valence-corrected chi connectivity index (χ0v) is 12.1. The number of alkyl halides is 3. The highest BCUT2D eigenvalue weighted by Crippen LogP contribution is 2.34. The highest BCUT2D eigenvalue weighted by atomic mass is 19.4. The van der Waals surface area contributed by atoms with Crippen LogP contribution in [-0.4, -0.2) is 26.3 Å². The fourth-order valence-electron chi connectivity index (χ4n) is 2.83. The molecule has 1 atom stereocenters. The summed E-state index contributed by atoms with van der Waals surface area (Å²) in [5.41, 5.74) is 0.0486. The van der Waals surface area contributed by atoms with E-state index >= 15 is 0 Å². The number of hydrogen-bond acceptors (Lipinski definition) is 4. The molecule has 22 heavy (non-hydrogen) atoms. The molecule has 0 bridgehead atoms. The lowest BCUT2D eigenvalue weighted by molar-refractivity contribution is -0.141. The molecule has 0 unspecified atom stereocenters. The highest BCUT2D eigenvalue weighted by Gasteiger charge is 2.34.